The molecule has 102 valence electrons. The van der Waals surface area contributed by atoms with Crippen LogP contribution in [0.2, 0.25) is 0 Å². The number of carbonyl (C=O) groups is 1. The predicted octanol–water partition coefficient (Wildman–Crippen LogP) is 2.41. The Morgan fingerprint density at radius 2 is 2.11 bits per heavy atom. The van der Waals surface area contributed by atoms with Gasteiger partial charge in [0.15, 0.2) is 0 Å². The zero-order chi connectivity index (χ0) is 13.2. The molecule has 2 aliphatic rings. The molecule has 19 heavy (non-hydrogen) atoms. The Balaban J connectivity index is 1.81. The summed E-state index contributed by atoms with van der Waals surface area (Å²) in [7, 11) is 0. The first-order valence-electron chi connectivity index (χ1n) is 7.37. The number of nitrogens with zero attached hydrogens (tertiary/aromatic N) is 1. The molecule has 2 aliphatic heterocycles. The molecule has 1 N–H and O–H groups in total. The summed E-state index contributed by atoms with van der Waals surface area (Å²) in [6.45, 7) is 4.04. The van der Waals surface area contributed by atoms with Gasteiger partial charge in [-0.3, -0.25) is 4.79 Å². The number of aryl methyl sites for hydroxylation is 1. The van der Waals surface area contributed by atoms with Gasteiger partial charge in [-0.1, -0.05) is 24.3 Å². The fraction of sp³-hybridized carbons (Fsp3) is 0.562. The van der Waals surface area contributed by atoms with Crippen molar-refractivity contribution in [3.05, 3.63) is 35.4 Å². The average molecular weight is 258 g/mol. The van der Waals surface area contributed by atoms with Crippen molar-refractivity contribution in [1.82, 2.24) is 10.2 Å². The standard InChI is InChI=1S/C16H22N2O/c1-12-6-2-3-7-13(12)15-9-5-11-18(15)16(19)14-8-4-10-17-14/h2-3,6-7,14-15,17H,4-5,8-11H2,1H3/t14-,15+/m0/s1. The summed E-state index contributed by atoms with van der Waals surface area (Å²) >= 11 is 0. The third kappa shape index (κ3) is 2.39. The van der Waals surface area contributed by atoms with Crippen molar-refractivity contribution in [2.45, 2.75) is 44.7 Å². The van der Waals surface area contributed by atoms with Crippen LogP contribution in [-0.4, -0.2) is 29.9 Å². The van der Waals surface area contributed by atoms with Crippen molar-refractivity contribution in [3.8, 4) is 0 Å². The van der Waals surface area contributed by atoms with Gasteiger partial charge in [0.25, 0.3) is 0 Å². The molecule has 1 amide bonds. The van der Waals surface area contributed by atoms with Crippen LogP contribution in [0.25, 0.3) is 0 Å². The molecule has 0 saturated carbocycles. The lowest BCUT2D eigenvalue weighted by Crippen LogP contribution is -2.43. The molecule has 2 heterocycles. The predicted molar refractivity (Wildman–Crippen MR) is 75.9 cm³/mol. The van der Waals surface area contributed by atoms with Crippen LogP contribution in [-0.2, 0) is 4.79 Å². The summed E-state index contributed by atoms with van der Waals surface area (Å²) in [5, 5.41) is 3.33. The molecule has 1 aromatic rings. The summed E-state index contributed by atoms with van der Waals surface area (Å²) in [6, 6.07) is 8.81. The molecule has 0 spiro atoms. The summed E-state index contributed by atoms with van der Waals surface area (Å²) in [5.74, 6) is 0.309. The van der Waals surface area contributed by atoms with Crippen molar-refractivity contribution >= 4 is 5.91 Å². The summed E-state index contributed by atoms with van der Waals surface area (Å²) in [6.07, 6.45) is 4.34. The molecule has 3 nitrogen and oxygen atoms in total. The first kappa shape index (κ1) is 12.7. The van der Waals surface area contributed by atoms with Crippen molar-refractivity contribution in [2.24, 2.45) is 0 Å². The lowest BCUT2D eigenvalue weighted by Gasteiger charge is -2.28. The van der Waals surface area contributed by atoms with E-state index in [0.29, 0.717) is 5.91 Å². The van der Waals surface area contributed by atoms with Crippen molar-refractivity contribution in [3.63, 3.8) is 0 Å². The van der Waals surface area contributed by atoms with Gasteiger partial charge in [-0.2, -0.15) is 0 Å². The van der Waals surface area contributed by atoms with E-state index >= 15 is 0 Å². The largest absolute Gasteiger partial charge is 0.334 e. The van der Waals surface area contributed by atoms with Crippen molar-refractivity contribution in [2.75, 3.05) is 13.1 Å². The molecule has 0 aliphatic carbocycles. The van der Waals surface area contributed by atoms with Crippen LogP contribution in [0.1, 0.15) is 42.9 Å². The molecule has 3 rings (SSSR count). The number of hydrogen-bond acceptors (Lipinski definition) is 2. The van der Waals surface area contributed by atoms with Gasteiger partial charge < -0.3 is 10.2 Å². The number of hydrogen-bond donors (Lipinski definition) is 1. The second kappa shape index (κ2) is 5.33. The van der Waals surface area contributed by atoms with Gasteiger partial charge in [0.2, 0.25) is 5.91 Å². The van der Waals surface area contributed by atoms with Crippen LogP contribution in [0.4, 0.5) is 0 Å². The van der Waals surface area contributed by atoms with Crippen LogP contribution in [0.5, 0.6) is 0 Å². The smallest absolute Gasteiger partial charge is 0.240 e. The number of amides is 1. The molecule has 0 aromatic heterocycles. The van der Waals surface area contributed by atoms with Gasteiger partial charge in [0.1, 0.15) is 0 Å². The second-order valence-corrected chi connectivity index (χ2v) is 5.70. The van der Waals surface area contributed by atoms with E-state index < -0.39 is 0 Å². The van der Waals surface area contributed by atoms with Gasteiger partial charge in [0, 0.05) is 6.54 Å². The van der Waals surface area contributed by atoms with Gasteiger partial charge in [-0.15, -0.1) is 0 Å². The van der Waals surface area contributed by atoms with E-state index in [-0.39, 0.29) is 12.1 Å². The quantitative estimate of drug-likeness (QED) is 0.883. The van der Waals surface area contributed by atoms with E-state index in [2.05, 4.69) is 41.4 Å². The minimum atomic E-state index is 0.0598. The minimum Gasteiger partial charge on any atom is -0.334 e. The van der Waals surface area contributed by atoms with Crippen LogP contribution in [0.3, 0.4) is 0 Å². The topological polar surface area (TPSA) is 32.3 Å². The summed E-state index contributed by atoms with van der Waals surface area (Å²) < 4.78 is 0. The normalized spacial score (nSPS) is 26.9. The monoisotopic (exact) mass is 258 g/mol. The highest BCUT2D eigenvalue weighted by Gasteiger charge is 2.35. The Kier molecular flexibility index (Phi) is 3.56. The number of benzene rings is 1. The molecule has 1 aromatic carbocycles. The Hall–Kier alpha value is -1.35. The molecular weight excluding hydrogens is 236 g/mol. The molecule has 2 fully saturated rings. The third-order valence-corrected chi connectivity index (χ3v) is 4.44. The van der Waals surface area contributed by atoms with Crippen molar-refractivity contribution in [1.29, 1.82) is 0 Å². The van der Waals surface area contributed by atoms with E-state index in [4.69, 9.17) is 0 Å². The highest BCUT2D eigenvalue weighted by Crippen LogP contribution is 2.34. The Morgan fingerprint density at radius 1 is 1.26 bits per heavy atom. The molecular formula is C16H22N2O. The zero-order valence-electron chi connectivity index (χ0n) is 11.6. The lowest BCUT2D eigenvalue weighted by atomic mass is 9.99. The molecule has 2 atom stereocenters. The van der Waals surface area contributed by atoms with Crippen LogP contribution in [0.15, 0.2) is 24.3 Å². The van der Waals surface area contributed by atoms with Gasteiger partial charge in [-0.05, 0) is 50.3 Å². The van der Waals surface area contributed by atoms with Crippen molar-refractivity contribution < 1.29 is 4.79 Å². The molecule has 0 unspecified atom stereocenters. The van der Waals surface area contributed by atoms with E-state index in [0.717, 1.165) is 38.8 Å². The summed E-state index contributed by atoms with van der Waals surface area (Å²) in [4.78, 5) is 14.7. The average Bonchev–Trinajstić information content (AvgIpc) is 3.10. The molecule has 0 radical (unpaired) electrons. The van der Waals surface area contributed by atoms with Crippen LogP contribution in [0, 0.1) is 6.92 Å². The number of nitrogens with one attached hydrogen (secondary N) is 1. The van der Waals surface area contributed by atoms with E-state index in [9.17, 15) is 4.79 Å². The van der Waals surface area contributed by atoms with Crippen LogP contribution >= 0.6 is 0 Å². The maximum Gasteiger partial charge on any atom is 0.240 e. The number of rotatable bonds is 2. The first-order chi connectivity index (χ1) is 9.27. The SMILES string of the molecule is Cc1ccccc1[C@H]1CCCN1C(=O)[C@@H]1CCCN1. The molecule has 0 bridgehead atoms. The highest BCUT2D eigenvalue weighted by molar-refractivity contribution is 5.83. The van der Waals surface area contributed by atoms with E-state index in [1.165, 1.54) is 11.1 Å². The van der Waals surface area contributed by atoms with Crippen LogP contribution < -0.4 is 5.32 Å². The second-order valence-electron chi connectivity index (χ2n) is 5.70. The third-order valence-electron chi connectivity index (χ3n) is 4.44. The Morgan fingerprint density at radius 3 is 2.84 bits per heavy atom. The molecule has 2 saturated heterocycles. The van der Waals surface area contributed by atoms with E-state index in [1.54, 1.807) is 0 Å². The highest BCUT2D eigenvalue weighted by atomic mass is 16.2. The lowest BCUT2D eigenvalue weighted by molar-refractivity contribution is -0.134. The zero-order valence-corrected chi connectivity index (χ0v) is 11.6. The molecule has 3 heteroatoms. The van der Waals surface area contributed by atoms with Gasteiger partial charge in [0.05, 0.1) is 12.1 Å². The number of likely N-dealkylation sites (tertiary alicyclic amines) is 1. The van der Waals surface area contributed by atoms with Gasteiger partial charge in [-0.25, -0.2) is 0 Å². The first-order valence-corrected chi connectivity index (χ1v) is 7.37. The maximum absolute atomic E-state index is 12.6. The maximum atomic E-state index is 12.6. The van der Waals surface area contributed by atoms with Gasteiger partial charge >= 0.3 is 0 Å². The summed E-state index contributed by atoms with van der Waals surface area (Å²) in [5.41, 5.74) is 2.62. The fourth-order valence-corrected chi connectivity index (χ4v) is 3.41. The minimum absolute atomic E-state index is 0.0598. The Labute approximate surface area is 115 Å². The van der Waals surface area contributed by atoms with E-state index in [1.807, 2.05) is 0 Å². The Bertz CT molecular complexity index is 466. The fourth-order valence-electron chi connectivity index (χ4n) is 3.41. The number of carbonyl (C=O) groups excluding carboxylic acids is 1.